The first-order valence-electron chi connectivity index (χ1n) is 9.88. The zero-order valence-electron chi connectivity index (χ0n) is 17.9. The lowest BCUT2D eigenvalue weighted by Crippen LogP contribution is -2.43. The van der Waals surface area contributed by atoms with E-state index in [9.17, 15) is 14.0 Å². The van der Waals surface area contributed by atoms with Gasteiger partial charge in [-0.2, -0.15) is 4.98 Å². The van der Waals surface area contributed by atoms with Gasteiger partial charge in [0.15, 0.2) is 11.6 Å². The van der Waals surface area contributed by atoms with Crippen molar-refractivity contribution in [1.82, 2.24) is 14.1 Å². The van der Waals surface area contributed by atoms with Gasteiger partial charge in [-0.15, -0.1) is 0 Å². The first-order chi connectivity index (χ1) is 15.3. The fourth-order valence-corrected chi connectivity index (χ4v) is 3.04. The molecule has 2 aromatic carbocycles. The highest BCUT2D eigenvalue weighted by molar-refractivity contribution is 6.30. The summed E-state index contributed by atoms with van der Waals surface area (Å²) >= 11 is 5.95. The van der Waals surface area contributed by atoms with Gasteiger partial charge in [0.25, 0.3) is 0 Å². The summed E-state index contributed by atoms with van der Waals surface area (Å²) in [5.41, 5.74) is -0.252. The molecule has 10 heteroatoms. The van der Waals surface area contributed by atoms with Gasteiger partial charge in [0, 0.05) is 30.0 Å². The van der Waals surface area contributed by atoms with E-state index in [1.165, 1.54) is 22.9 Å². The SMILES string of the molecule is CN=CCn1c(=O)nc(Nc2ccc(OC(C)C)c(F)c2)n(Cc2ccc(Cl)cc2)c1=O. The zero-order chi connectivity index (χ0) is 23.3. The molecule has 0 aliphatic heterocycles. The van der Waals surface area contributed by atoms with E-state index in [2.05, 4.69) is 15.3 Å². The van der Waals surface area contributed by atoms with Gasteiger partial charge >= 0.3 is 11.4 Å². The van der Waals surface area contributed by atoms with Crippen LogP contribution in [0.15, 0.2) is 57.0 Å². The van der Waals surface area contributed by atoms with E-state index in [1.807, 2.05) is 0 Å². The highest BCUT2D eigenvalue weighted by Gasteiger charge is 2.15. The van der Waals surface area contributed by atoms with Crippen molar-refractivity contribution in [3.63, 3.8) is 0 Å². The van der Waals surface area contributed by atoms with Gasteiger partial charge in [-0.3, -0.25) is 9.56 Å². The maximum absolute atomic E-state index is 14.4. The minimum atomic E-state index is -0.745. The van der Waals surface area contributed by atoms with Crippen LogP contribution in [0.1, 0.15) is 19.4 Å². The summed E-state index contributed by atoms with van der Waals surface area (Å²) in [7, 11) is 1.54. The number of benzene rings is 2. The summed E-state index contributed by atoms with van der Waals surface area (Å²) in [6, 6.07) is 11.2. The summed E-state index contributed by atoms with van der Waals surface area (Å²) in [6.45, 7) is 3.69. The molecule has 168 valence electrons. The van der Waals surface area contributed by atoms with Crippen LogP contribution in [0.25, 0.3) is 0 Å². The maximum Gasteiger partial charge on any atom is 0.355 e. The van der Waals surface area contributed by atoms with Crippen LogP contribution in [-0.2, 0) is 13.1 Å². The second kappa shape index (κ2) is 10.2. The molecular weight excluding hydrogens is 437 g/mol. The lowest BCUT2D eigenvalue weighted by atomic mass is 10.2. The van der Waals surface area contributed by atoms with Gasteiger partial charge in [-0.1, -0.05) is 23.7 Å². The van der Waals surface area contributed by atoms with E-state index in [0.29, 0.717) is 10.7 Å². The van der Waals surface area contributed by atoms with Crippen molar-refractivity contribution in [3.8, 4) is 5.75 Å². The molecular formula is C22H23ClFN5O3. The molecule has 0 aliphatic rings. The molecule has 0 aliphatic carbocycles. The number of nitrogens with zero attached hydrogens (tertiary/aromatic N) is 4. The molecule has 8 nitrogen and oxygen atoms in total. The van der Waals surface area contributed by atoms with Crippen LogP contribution in [0.3, 0.4) is 0 Å². The third-order valence-electron chi connectivity index (χ3n) is 4.40. The Morgan fingerprint density at radius 1 is 1.19 bits per heavy atom. The van der Waals surface area contributed by atoms with Gasteiger partial charge in [0.1, 0.15) is 0 Å². The predicted octanol–water partition coefficient (Wildman–Crippen LogP) is 3.48. The van der Waals surface area contributed by atoms with E-state index in [0.717, 1.165) is 10.1 Å². The third kappa shape index (κ3) is 5.61. The summed E-state index contributed by atoms with van der Waals surface area (Å²) in [5, 5.41) is 3.43. The molecule has 0 saturated heterocycles. The number of aromatic nitrogens is 3. The smallest absolute Gasteiger partial charge is 0.355 e. The summed E-state index contributed by atoms with van der Waals surface area (Å²) < 4.78 is 22.1. The molecule has 3 rings (SSSR count). The van der Waals surface area contributed by atoms with Gasteiger partial charge in [-0.05, 0) is 43.7 Å². The van der Waals surface area contributed by atoms with Crippen molar-refractivity contribution in [1.29, 1.82) is 0 Å². The summed E-state index contributed by atoms with van der Waals surface area (Å²) in [5.74, 6) is -0.495. The number of anilines is 2. The number of aliphatic imine (C=N–C) groups is 1. The van der Waals surface area contributed by atoms with Crippen LogP contribution < -0.4 is 21.4 Å². The van der Waals surface area contributed by atoms with Crippen LogP contribution in [-0.4, -0.2) is 33.5 Å². The average molecular weight is 460 g/mol. The standard InChI is InChI=1S/C22H23ClFN5O3/c1-14(2)32-19-9-8-17(12-18(19)24)26-20-27-21(30)28(11-10-25-3)22(31)29(20)13-15-4-6-16(23)7-5-15/h4-10,12,14H,11,13H2,1-3H3,(H,26,27,30). The molecule has 1 N–H and O–H groups in total. The van der Waals surface area contributed by atoms with E-state index in [-0.39, 0.29) is 30.9 Å². The summed E-state index contributed by atoms with van der Waals surface area (Å²) in [6.07, 6.45) is 1.25. The van der Waals surface area contributed by atoms with Crippen molar-refractivity contribution in [2.45, 2.75) is 33.0 Å². The van der Waals surface area contributed by atoms with E-state index in [1.54, 1.807) is 51.2 Å². The van der Waals surface area contributed by atoms with Crippen molar-refractivity contribution >= 4 is 29.5 Å². The van der Waals surface area contributed by atoms with E-state index < -0.39 is 17.2 Å². The highest BCUT2D eigenvalue weighted by atomic mass is 35.5. The quantitative estimate of drug-likeness (QED) is 0.521. The lowest BCUT2D eigenvalue weighted by molar-refractivity contribution is 0.231. The Morgan fingerprint density at radius 2 is 1.91 bits per heavy atom. The molecule has 0 fully saturated rings. The maximum atomic E-state index is 14.4. The van der Waals surface area contributed by atoms with Crippen molar-refractivity contribution in [2.24, 2.45) is 4.99 Å². The molecule has 32 heavy (non-hydrogen) atoms. The molecule has 0 amide bonds. The number of rotatable bonds is 8. The first-order valence-corrected chi connectivity index (χ1v) is 10.3. The Morgan fingerprint density at radius 3 is 2.53 bits per heavy atom. The minimum absolute atomic E-state index is 0.0159. The number of hydrogen-bond donors (Lipinski definition) is 1. The second-order valence-electron chi connectivity index (χ2n) is 7.20. The van der Waals surface area contributed by atoms with Crippen LogP contribution in [0.4, 0.5) is 16.0 Å². The Bertz CT molecular complexity index is 1240. The topological polar surface area (TPSA) is 90.5 Å². The Kier molecular flexibility index (Phi) is 7.42. The van der Waals surface area contributed by atoms with Crippen molar-refractivity contribution in [3.05, 3.63) is 79.8 Å². The van der Waals surface area contributed by atoms with Gasteiger partial charge in [-0.25, -0.2) is 18.5 Å². The van der Waals surface area contributed by atoms with Crippen LogP contribution in [0.2, 0.25) is 5.02 Å². The molecule has 1 aromatic heterocycles. The fourth-order valence-electron chi connectivity index (χ4n) is 2.92. The van der Waals surface area contributed by atoms with Gasteiger partial charge in [0.05, 0.1) is 19.2 Å². The molecule has 0 bridgehead atoms. The fraction of sp³-hybridized carbons (Fsp3) is 0.273. The van der Waals surface area contributed by atoms with Gasteiger partial charge < -0.3 is 10.1 Å². The van der Waals surface area contributed by atoms with Gasteiger partial charge in [0.2, 0.25) is 5.95 Å². The molecule has 1 heterocycles. The normalized spacial score (nSPS) is 11.3. The predicted molar refractivity (Wildman–Crippen MR) is 123 cm³/mol. The van der Waals surface area contributed by atoms with Crippen LogP contribution >= 0.6 is 11.6 Å². The number of hydrogen-bond acceptors (Lipinski definition) is 6. The monoisotopic (exact) mass is 459 g/mol. The van der Waals surface area contributed by atoms with Crippen LogP contribution in [0.5, 0.6) is 5.75 Å². The van der Waals surface area contributed by atoms with Crippen molar-refractivity contribution in [2.75, 3.05) is 12.4 Å². The molecule has 0 radical (unpaired) electrons. The Balaban J connectivity index is 2.03. The Hall–Kier alpha value is -3.46. The zero-order valence-corrected chi connectivity index (χ0v) is 18.6. The molecule has 0 unspecified atom stereocenters. The average Bonchev–Trinajstić information content (AvgIpc) is 2.74. The van der Waals surface area contributed by atoms with Crippen molar-refractivity contribution < 1.29 is 9.13 Å². The lowest BCUT2D eigenvalue weighted by Gasteiger charge is -2.16. The molecule has 0 atom stereocenters. The highest BCUT2D eigenvalue weighted by Crippen LogP contribution is 2.24. The molecule has 3 aromatic rings. The number of ether oxygens (including phenoxy) is 1. The largest absolute Gasteiger partial charge is 0.488 e. The number of nitrogens with one attached hydrogen (secondary N) is 1. The van der Waals surface area contributed by atoms with E-state index in [4.69, 9.17) is 16.3 Å². The minimum Gasteiger partial charge on any atom is -0.488 e. The number of halogens is 2. The third-order valence-corrected chi connectivity index (χ3v) is 4.65. The van der Waals surface area contributed by atoms with Crippen LogP contribution in [0, 0.1) is 5.82 Å². The summed E-state index contributed by atoms with van der Waals surface area (Å²) in [4.78, 5) is 33.4. The van der Waals surface area contributed by atoms with E-state index >= 15 is 0 Å². The molecule has 0 spiro atoms. The Labute approximate surface area is 189 Å². The molecule has 0 saturated carbocycles. The second-order valence-corrected chi connectivity index (χ2v) is 7.64. The first kappa shape index (κ1) is 23.2.